The molecule has 0 bridgehead atoms. The molecule has 0 aliphatic carbocycles. The van der Waals surface area contributed by atoms with E-state index in [1.54, 1.807) is 0 Å². The van der Waals surface area contributed by atoms with E-state index in [9.17, 15) is 0 Å². The van der Waals surface area contributed by atoms with Crippen LogP contribution in [-0.2, 0) is 4.84 Å². The van der Waals surface area contributed by atoms with Gasteiger partial charge in [-0.2, -0.15) is 0 Å². The first-order chi connectivity index (χ1) is 8.41. The highest BCUT2D eigenvalue weighted by atomic mass is 16.6. The average Bonchev–Trinajstić information content (AvgIpc) is 2.35. The molecular formula is C15H33NO. The second-order valence-corrected chi connectivity index (χ2v) is 4.92. The lowest BCUT2D eigenvalue weighted by atomic mass is 10.1. The highest BCUT2D eigenvalue weighted by Gasteiger charge is 1.92. The first-order valence-electron chi connectivity index (χ1n) is 7.76. The summed E-state index contributed by atoms with van der Waals surface area (Å²) < 4.78 is 0. The highest BCUT2D eigenvalue weighted by molar-refractivity contribution is 4.47. The van der Waals surface area contributed by atoms with Gasteiger partial charge in [-0.25, -0.2) is 5.48 Å². The van der Waals surface area contributed by atoms with E-state index < -0.39 is 0 Å². The van der Waals surface area contributed by atoms with Gasteiger partial charge in [-0.3, -0.25) is 0 Å². The predicted molar refractivity (Wildman–Crippen MR) is 76.1 cm³/mol. The lowest BCUT2D eigenvalue weighted by molar-refractivity contribution is 0.0387. The van der Waals surface area contributed by atoms with E-state index in [0.717, 1.165) is 19.6 Å². The molecule has 0 saturated heterocycles. The van der Waals surface area contributed by atoms with Gasteiger partial charge in [0.1, 0.15) is 0 Å². The Labute approximate surface area is 108 Å². The van der Waals surface area contributed by atoms with Gasteiger partial charge in [0.15, 0.2) is 0 Å². The summed E-state index contributed by atoms with van der Waals surface area (Å²) in [6.45, 7) is 6.27. The van der Waals surface area contributed by atoms with Crippen molar-refractivity contribution in [1.82, 2.24) is 5.48 Å². The van der Waals surface area contributed by atoms with Gasteiger partial charge >= 0.3 is 0 Å². The summed E-state index contributed by atoms with van der Waals surface area (Å²) in [7, 11) is 0. The van der Waals surface area contributed by atoms with Gasteiger partial charge in [0.2, 0.25) is 0 Å². The number of nitrogens with one attached hydrogen (secondary N) is 1. The SMILES string of the molecule is CCCCCCCCCCCCONCCC. The van der Waals surface area contributed by atoms with Crippen LogP contribution in [-0.4, -0.2) is 13.2 Å². The smallest absolute Gasteiger partial charge is 0.0682 e. The molecule has 0 fully saturated rings. The van der Waals surface area contributed by atoms with Crippen LogP contribution in [0.5, 0.6) is 0 Å². The fourth-order valence-corrected chi connectivity index (χ4v) is 1.91. The van der Waals surface area contributed by atoms with Gasteiger partial charge < -0.3 is 4.84 Å². The standard InChI is InChI=1S/C15H33NO/c1-3-5-6-7-8-9-10-11-12-13-15-17-16-14-4-2/h16H,3-15H2,1-2H3. The van der Waals surface area contributed by atoms with Crippen LogP contribution in [0, 0.1) is 0 Å². The Balaban J connectivity index is 2.85. The van der Waals surface area contributed by atoms with Crippen LogP contribution in [0.3, 0.4) is 0 Å². The van der Waals surface area contributed by atoms with Gasteiger partial charge in [-0.05, 0) is 12.8 Å². The molecule has 0 heterocycles. The van der Waals surface area contributed by atoms with Gasteiger partial charge in [0, 0.05) is 6.54 Å². The van der Waals surface area contributed by atoms with Gasteiger partial charge in [-0.1, -0.05) is 71.6 Å². The normalized spacial score (nSPS) is 10.9. The second-order valence-electron chi connectivity index (χ2n) is 4.92. The Morgan fingerprint density at radius 1 is 0.647 bits per heavy atom. The summed E-state index contributed by atoms with van der Waals surface area (Å²) in [5.41, 5.74) is 2.97. The molecule has 2 nitrogen and oxygen atoms in total. The minimum absolute atomic E-state index is 0.872. The van der Waals surface area contributed by atoms with Crippen molar-refractivity contribution in [2.75, 3.05) is 13.2 Å². The van der Waals surface area contributed by atoms with Crippen LogP contribution in [0.4, 0.5) is 0 Å². The molecule has 0 aromatic rings. The predicted octanol–water partition coefficient (Wildman–Crippen LogP) is 4.84. The molecule has 0 rings (SSSR count). The van der Waals surface area contributed by atoms with Crippen molar-refractivity contribution < 1.29 is 4.84 Å². The summed E-state index contributed by atoms with van der Waals surface area (Å²) in [5.74, 6) is 0. The Bertz CT molecular complexity index is 114. The number of rotatable bonds is 14. The monoisotopic (exact) mass is 243 g/mol. The molecule has 0 saturated carbocycles. The van der Waals surface area contributed by atoms with E-state index >= 15 is 0 Å². The minimum Gasteiger partial charge on any atom is -0.302 e. The topological polar surface area (TPSA) is 21.3 Å². The number of unbranched alkanes of at least 4 members (excludes halogenated alkanes) is 9. The Morgan fingerprint density at radius 3 is 1.71 bits per heavy atom. The summed E-state index contributed by atoms with van der Waals surface area (Å²) in [6, 6.07) is 0. The number of hydrogen-bond donors (Lipinski definition) is 1. The van der Waals surface area contributed by atoms with E-state index in [1.165, 1.54) is 64.2 Å². The van der Waals surface area contributed by atoms with E-state index in [1.807, 2.05) is 0 Å². The van der Waals surface area contributed by atoms with Crippen LogP contribution in [0.2, 0.25) is 0 Å². The maximum absolute atomic E-state index is 5.30. The van der Waals surface area contributed by atoms with Gasteiger partial charge in [0.05, 0.1) is 6.61 Å². The number of hydroxylamine groups is 1. The fourth-order valence-electron chi connectivity index (χ4n) is 1.91. The third-order valence-corrected chi connectivity index (χ3v) is 3.05. The third kappa shape index (κ3) is 15.9. The lowest BCUT2D eigenvalue weighted by Crippen LogP contribution is -2.15. The molecular weight excluding hydrogens is 210 g/mol. The molecule has 1 N–H and O–H groups in total. The molecule has 0 radical (unpaired) electrons. The summed E-state index contributed by atoms with van der Waals surface area (Å²) in [5, 5.41) is 0. The zero-order chi connectivity index (χ0) is 12.6. The van der Waals surface area contributed by atoms with Crippen molar-refractivity contribution >= 4 is 0 Å². The molecule has 0 aliphatic heterocycles. The van der Waals surface area contributed by atoms with Gasteiger partial charge in [-0.15, -0.1) is 0 Å². The van der Waals surface area contributed by atoms with E-state index in [2.05, 4.69) is 19.3 Å². The van der Waals surface area contributed by atoms with Crippen LogP contribution < -0.4 is 5.48 Å². The summed E-state index contributed by atoms with van der Waals surface area (Å²) in [4.78, 5) is 5.30. The highest BCUT2D eigenvalue weighted by Crippen LogP contribution is 2.10. The summed E-state index contributed by atoms with van der Waals surface area (Å²) >= 11 is 0. The van der Waals surface area contributed by atoms with Crippen molar-refractivity contribution in [3.05, 3.63) is 0 Å². The first-order valence-corrected chi connectivity index (χ1v) is 7.76. The zero-order valence-corrected chi connectivity index (χ0v) is 12.1. The quantitative estimate of drug-likeness (QED) is 0.348. The van der Waals surface area contributed by atoms with Crippen molar-refractivity contribution in [3.63, 3.8) is 0 Å². The van der Waals surface area contributed by atoms with Crippen molar-refractivity contribution in [2.24, 2.45) is 0 Å². The van der Waals surface area contributed by atoms with E-state index in [-0.39, 0.29) is 0 Å². The van der Waals surface area contributed by atoms with Crippen LogP contribution in [0.25, 0.3) is 0 Å². The molecule has 0 aliphatic rings. The molecule has 0 unspecified atom stereocenters. The Kier molecular flexibility index (Phi) is 15.8. The van der Waals surface area contributed by atoms with Crippen LogP contribution in [0.1, 0.15) is 84.5 Å². The molecule has 0 spiro atoms. The third-order valence-electron chi connectivity index (χ3n) is 3.05. The van der Waals surface area contributed by atoms with E-state index in [4.69, 9.17) is 4.84 Å². The largest absolute Gasteiger partial charge is 0.302 e. The van der Waals surface area contributed by atoms with Crippen molar-refractivity contribution in [2.45, 2.75) is 84.5 Å². The maximum Gasteiger partial charge on any atom is 0.0682 e. The second kappa shape index (κ2) is 15.9. The fraction of sp³-hybridized carbons (Fsp3) is 1.00. The Morgan fingerprint density at radius 2 is 1.18 bits per heavy atom. The zero-order valence-electron chi connectivity index (χ0n) is 12.1. The number of hydrogen-bond acceptors (Lipinski definition) is 2. The molecule has 0 amide bonds. The molecule has 2 heteroatoms. The van der Waals surface area contributed by atoms with Gasteiger partial charge in [0.25, 0.3) is 0 Å². The molecule has 0 atom stereocenters. The van der Waals surface area contributed by atoms with Crippen LogP contribution >= 0.6 is 0 Å². The minimum atomic E-state index is 0.872. The van der Waals surface area contributed by atoms with Crippen molar-refractivity contribution in [3.8, 4) is 0 Å². The maximum atomic E-state index is 5.30. The van der Waals surface area contributed by atoms with Crippen molar-refractivity contribution in [1.29, 1.82) is 0 Å². The van der Waals surface area contributed by atoms with Crippen LogP contribution in [0.15, 0.2) is 0 Å². The first kappa shape index (κ1) is 16.9. The molecule has 0 aromatic heterocycles. The Hall–Kier alpha value is -0.0800. The van der Waals surface area contributed by atoms with E-state index in [0.29, 0.717) is 0 Å². The molecule has 17 heavy (non-hydrogen) atoms. The average molecular weight is 243 g/mol. The lowest BCUT2D eigenvalue weighted by Gasteiger charge is -2.04. The molecule has 0 aromatic carbocycles. The molecule has 104 valence electrons. The summed E-state index contributed by atoms with van der Waals surface area (Å²) in [6.07, 6.45) is 15.0.